The maximum absolute atomic E-state index is 12.4. The Bertz CT molecular complexity index is 2860. The zero-order chi connectivity index (χ0) is 31.9. The average molecular weight is 732 g/mol. The van der Waals surface area contributed by atoms with E-state index in [9.17, 15) is 15.1 Å². The molecular formula is C32H17CoN8O5STi. The Hall–Kier alpha value is -5.19. The molecule has 16 heteroatoms. The van der Waals surface area contributed by atoms with Crippen molar-refractivity contribution in [1.29, 1.82) is 0 Å². The molecule has 5 heterocycles. The van der Waals surface area contributed by atoms with E-state index in [2.05, 4.69) is 9.97 Å². The van der Waals surface area contributed by atoms with Crippen molar-refractivity contribution in [2.45, 2.75) is 0 Å². The number of H-pyrrole nitrogens is 2. The van der Waals surface area contributed by atoms with Crippen LogP contribution in [0.25, 0.3) is 89.7 Å². The van der Waals surface area contributed by atoms with Crippen molar-refractivity contribution in [3.05, 3.63) is 91.0 Å². The quantitative estimate of drug-likeness (QED) is 0.209. The summed E-state index contributed by atoms with van der Waals surface area (Å²) in [6.07, 6.45) is 0. The van der Waals surface area contributed by atoms with E-state index in [1.807, 2.05) is 72.8 Å². The van der Waals surface area contributed by atoms with Crippen molar-refractivity contribution in [2.75, 3.05) is 0 Å². The normalized spacial score (nSPS) is 11.9. The molecule has 1 radical (unpaired) electrons. The van der Waals surface area contributed by atoms with Gasteiger partial charge in [-0.2, -0.15) is 0 Å². The van der Waals surface area contributed by atoms with Gasteiger partial charge in [0.25, 0.3) is 0 Å². The van der Waals surface area contributed by atoms with Crippen LogP contribution in [0.3, 0.4) is 0 Å². The van der Waals surface area contributed by atoms with Gasteiger partial charge in [-0.15, -0.1) is 0 Å². The zero-order valence-corrected chi connectivity index (χ0v) is 27.5. The van der Waals surface area contributed by atoms with E-state index in [0.29, 0.717) is 45.5 Å². The van der Waals surface area contributed by atoms with Gasteiger partial charge in [0.2, 0.25) is 0 Å². The fourth-order valence-electron chi connectivity index (χ4n) is 5.88. The molecule has 13 nitrogen and oxygen atoms in total. The van der Waals surface area contributed by atoms with Gasteiger partial charge in [-0.3, -0.25) is 0 Å². The van der Waals surface area contributed by atoms with Crippen molar-refractivity contribution in [3.8, 4) is 51.3 Å². The summed E-state index contributed by atoms with van der Waals surface area (Å²) >= 11 is -5.02. The molecule has 234 valence electrons. The van der Waals surface area contributed by atoms with Gasteiger partial charge < -0.3 is 0 Å². The van der Waals surface area contributed by atoms with Gasteiger partial charge in [0.1, 0.15) is 0 Å². The molecule has 2 N–H and O–H groups in total. The number of benzene rings is 4. The standard InChI is InChI=1S/C32H17N8O3S.Co.2O.Ti/c41-44(42)43-23-15-7-14-22-24(23)32-39-30-21-13-6-5-12-20(21)28(37-30)35-26-17-9-2-1-8-16(17)25(33-26)34-27-18-10-3-4-11-19(18)29(36-27)38-31(22)40-32;;;;/h1-15H,(H2,33,34,35,36,37,38,39,40);;;;. The zero-order valence-electron chi connectivity index (χ0n) is 24.1. The average Bonchev–Trinajstić information content (AvgIpc) is 3.80. The molecule has 7 aromatic rings. The summed E-state index contributed by atoms with van der Waals surface area (Å²) in [5.41, 5.74) is 4.46. The molecule has 2 aliphatic rings. The second kappa shape index (κ2) is 11.2. The first-order valence-corrected chi connectivity index (χ1v) is 18.8. The van der Waals surface area contributed by atoms with Crippen molar-refractivity contribution in [1.82, 2.24) is 39.9 Å². The van der Waals surface area contributed by atoms with Crippen LogP contribution >= 0.6 is 0 Å². The van der Waals surface area contributed by atoms with E-state index < -0.39 is 24.2 Å². The molecule has 0 saturated carbocycles. The van der Waals surface area contributed by atoms with Crippen LogP contribution in [0.15, 0.2) is 91.0 Å². The number of hydrogen-bond acceptors (Lipinski definition) is 11. The monoisotopic (exact) mass is 732 g/mol. The van der Waals surface area contributed by atoms with Crippen LogP contribution in [-0.2, 0) is 47.6 Å². The number of nitrogens with one attached hydrogen (secondary N) is 2. The number of rotatable bonds is 3. The molecule has 8 bridgehead atoms. The summed E-state index contributed by atoms with van der Waals surface area (Å²) in [5.74, 6) is 1.25. The van der Waals surface area contributed by atoms with E-state index in [1.54, 1.807) is 12.1 Å². The Morgan fingerprint density at radius 3 is 1.38 bits per heavy atom. The maximum atomic E-state index is 12.4. The second-order valence-electron chi connectivity index (χ2n) is 10.7. The van der Waals surface area contributed by atoms with Crippen molar-refractivity contribution in [3.63, 3.8) is 0 Å². The van der Waals surface area contributed by atoms with Gasteiger partial charge in [0.05, 0.1) is 0 Å². The van der Waals surface area contributed by atoms with Crippen molar-refractivity contribution in [2.24, 2.45) is 0 Å². The van der Waals surface area contributed by atoms with Crippen LogP contribution in [0.4, 0.5) is 0 Å². The molecule has 0 unspecified atom stereocenters. The summed E-state index contributed by atoms with van der Waals surface area (Å²) in [6, 6.07) is 27.4. The molecule has 0 saturated heterocycles. The summed E-state index contributed by atoms with van der Waals surface area (Å²) in [6.45, 7) is 0. The molecule has 4 aromatic carbocycles. The number of hydrogen-bond donors (Lipinski definition) is 2. The summed E-state index contributed by atoms with van der Waals surface area (Å²) in [7, 11) is -4.87. The van der Waals surface area contributed by atoms with Crippen molar-refractivity contribution < 1.29 is 52.5 Å². The fraction of sp³-hybridized carbons (Fsp3) is 0. The van der Waals surface area contributed by atoms with Crippen LogP contribution in [0.1, 0.15) is 0 Å². The molecule has 9 rings (SSSR count). The van der Waals surface area contributed by atoms with Crippen molar-refractivity contribution >= 4 is 51.8 Å². The van der Waals surface area contributed by atoms with E-state index in [0.717, 1.165) is 27.5 Å². The number of nitrogens with zero attached hydrogens (tertiary/aromatic N) is 6. The minimum atomic E-state index is -5.02. The van der Waals surface area contributed by atoms with Crippen LogP contribution < -0.4 is 4.18 Å². The van der Waals surface area contributed by atoms with E-state index in [1.165, 1.54) is 6.07 Å². The number of aromatic nitrogens is 8. The van der Waals surface area contributed by atoms with Gasteiger partial charge in [0, 0.05) is 22.2 Å². The first-order chi connectivity index (χ1) is 22.8. The molecular weight excluding hydrogens is 715 g/mol. The molecule has 0 spiro atoms. The molecule has 0 aliphatic carbocycles. The van der Waals surface area contributed by atoms with Crippen LogP contribution in [0.5, 0.6) is 5.75 Å². The third-order valence-electron chi connectivity index (χ3n) is 7.94. The van der Waals surface area contributed by atoms with Gasteiger partial charge in [-0.25, -0.2) is 0 Å². The van der Waals surface area contributed by atoms with E-state index >= 15 is 0 Å². The van der Waals surface area contributed by atoms with E-state index in [4.69, 9.17) is 34.1 Å². The Morgan fingerprint density at radius 1 is 0.500 bits per heavy atom. The van der Waals surface area contributed by atoms with Crippen LogP contribution in [0.2, 0.25) is 0 Å². The molecule has 2 aliphatic heterocycles. The Balaban J connectivity index is 0.00000336. The third kappa shape index (κ3) is 4.74. The van der Waals surface area contributed by atoms with Crippen LogP contribution in [0, 0.1) is 0 Å². The SMILES string of the molecule is [Co].[O]=[Ti](=[O])[S](=O)(=O)Oc1cccc2c3nc4nc(nc5[nH]c(nc6nc(nc([nH]3)c12)-c1ccccc1-6)c1ccccc51)-c1ccccc1-4. The molecule has 3 aromatic heterocycles. The number of aromatic amines is 2. The predicted octanol–water partition coefficient (Wildman–Crippen LogP) is 5.80. The first kappa shape index (κ1) is 30.2. The van der Waals surface area contributed by atoms with Crippen LogP contribution in [-0.4, -0.2) is 48.3 Å². The summed E-state index contributed by atoms with van der Waals surface area (Å²) in [5, 5.41) is 2.31. The third-order valence-corrected chi connectivity index (χ3v) is 11.1. The fourth-order valence-corrected chi connectivity index (χ4v) is 7.06. The molecule has 0 amide bonds. The first-order valence-electron chi connectivity index (χ1n) is 14.2. The molecule has 48 heavy (non-hydrogen) atoms. The Morgan fingerprint density at radius 2 is 0.896 bits per heavy atom. The van der Waals surface area contributed by atoms with E-state index in [-0.39, 0.29) is 39.2 Å². The van der Waals surface area contributed by atoms with Gasteiger partial charge in [0.15, 0.2) is 0 Å². The Labute approximate surface area is 285 Å². The topological polar surface area (TPSA) is 186 Å². The number of fused-ring (bicyclic) bond motifs is 20. The van der Waals surface area contributed by atoms with Gasteiger partial charge in [-0.05, 0) is 0 Å². The predicted molar refractivity (Wildman–Crippen MR) is 167 cm³/mol. The van der Waals surface area contributed by atoms with Gasteiger partial charge >= 0.3 is 240 Å². The summed E-state index contributed by atoms with van der Waals surface area (Å²) < 4.78 is 53.2. The minimum absolute atomic E-state index is 0. The summed E-state index contributed by atoms with van der Waals surface area (Å²) in [4.78, 5) is 35.7. The molecule has 0 atom stereocenters. The Kier molecular flexibility index (Phi) is 7.05. The second-order valence-corrected chi connectivity index (χ2v) is 16.3. The van der Waals surface area contributed by atoms with Gasteiger partial charge in [-0.1, -0.05) is 24.3 Å². The molecule has 0 fully saturated rings.